The highest BCUT2D eigenvalue weighted by atomic mass is 15.2. The lowest BCUT2D eigenvalue weighted by atomic mass is 9.91. The second kappa shape index (κ2) is 7.61. The van der Waals surface area contributed by atoms with E-state index >= 15 is 0 Å². The van der Waals surface area contributed by atoms with Crippen LogP contribution in [0.5, 0.6) is 0 Å². The monoisotopic (exact) mass is 267 g/mol. The van der Waals surface area contributed by atoms with E-state index in [1.807, 2.05) is 0 Å². The Kier molecular flexibility index (Phi) is 6.11. The topological polar surface area (TPSA) is 18.5 Å². The average Bonchev–Trinajstić information content (AvgIpc) is 2.43. The SMILES string of the molecule is CCNC1CCN(CC2CCN(CC)CC2)CC1C. The van der Waals surface area contributed by atoms with Crippen LogP contribution in [0.3, 0.4) is 0 Å². The third-order valence-corrected chi connectivity index (χ3v) is 5.13. The van der Waals surface area contributed by atoms with Gasteiger partial charge in [0.25, 0.3) is 0 Å². The maximum Gasteiger partial charge on any atom is 0.0117 e. The Bertz CT molecular complexity index is 248. The number of nitrogens with zero attached hydrogens (tertiary/aromatic N) is 2. The minimum Gasteiger partial charge on any atom is -0.314 e. The molecule has 2 heterocycles. The molecule has 2 aliphatic heterocycles. The Morgan fingerprint density at radius 3 is 2.26 bits per heavy atom. The van der Waals surface area contributed by atoms with Gasteiger partial charge in [-0.1, -0.05) is 20.8 Å². The van der Waals surface area contributed by atoms with Crippen LogP contribution in [-0.4, -0.2) is 61.7 Å². The van der Waals surface area contributed by atoms with Gasteiger partial charge < -0.3 is 15.1 Å². The van der Waals surface area contributed by atoms with Crippen molar-refractivity contribution in [1.29, 1.82) is 0 Å². The Hall–Kier alpha value is -0.120. The standard InChI is InChI=1S/C16H33N3/c1-4-17-16-8-11-19(12-14(16)3)13-15-6-9-18(5-2)10-7-15/h14-17H,4-13H2,1-3H3. The molecule has 19 heavy (non-hydrogen) atoms. The van der Waals surface area contributed by atoms with Gasteiger partial charge in [-0.15, -0.1) is 0 Å². The molecule has 0 radical (unpaired) electrons. The number of piperidine rings is 2. The first-order valence-electron chi connectivity index (χ1n) is 8.41. The van der Waals surface area contributed by atoms with Crippen molar-refractivity contribution in [2.24, 2.45) is 11.8 Å². The van der Waals surface area contributed by atoms with E-state index in [2.05, 4.69) is 35.9 Å². The van der Waals surface area contributed by atoms with E-state index in [0.717, 1.165) is 24.4 Å². The molecule has 2 saturated heterocycles. The van der Waals surface area contributed by atoms with Crippen molar-refractivity contribution >= 4 is 0 Å². The van der Waals surface area contributed by atoms with Gasteiger partial charge in [-0.05, 0) is 63.8 Å². The lowest BCUT2D eigenvalue weighted by Crippen LogP contribution is -2.50. The van der Waals surface area contributed by atoms with Crippen LogP contribution in [0.1, 0.15) is 40.0 Å². The van der Waals surface area contributed by atoms with Gasteiger partial charge in [0.15, 0.2) is 0 Å². The highest BCUT2D eigenvalue weighted by Crippen LogP contribution is 2.22. The lowest BCUT2D eigenvalue weighted by molar-refractivity contribution is 0.102. The van der Waals surface area contributed by atoms with Crippen LogP contribution < -0.4 is 5.32 Å². The molecule has 0 aliphatic carbocycles. The summed E-state index contributed by atoms with van der Waals surface area (Å²) in [5.41, 5.74) is 0. The maximum atomic E-state index is 3.64. The molecule has 0 aromatic carbocycles. The molecule has 0 aromatic heterocycles. The first-order chi connectivity index (χ1) is 9.22. The van der Waals surface area contributed by atoms with Gasteiger partial charge in [-0.3, -0.25) is 0 Å². The fourth-order valence-corrected chi connectivity index (χ4v) is 3.81. The van der Waals surface area contributed by atoms with Crippen molar-refractivity contribution in [3.8, 4) is 0 Å². The molecule has 2 atom stereocenters. The van der Waals surface area contributed by atoms with Crippen LogP contribution in [-0.2, 0) is 0 Å². The summed E-state index contributed by atoms with van der Waals surface area (Å²) in [7, 11) is 0. The van der Waals surface area contributed by atoms with E-state index < -0.39 is 0 Å². The summed E-state index contributed by atoms with van der Waals surface area (Å²) >= 11 is 0. The zero-order chi connectivity index (χ0) is 13.7. The fourth-order valence-electron chi connectivity index (χ4n) is 3.81. The van der Waals surface area contributed by atoms with E-state index in [1.165, 1.54) is 58.5 Å². The second-order valence-corrected chi connectivity index (χ2v) is 6.57. The van der Waals surface area contributed by atoms with E-state index in [4.69, 9.17) is 0 Å². The molecule has 2 aliphatic rings. The summed E-state index contributed by atoms with van der Waals surface area (Å²) in [6.07, 6.45) is 4.16. The minimum absolute atomic E-state index is 0.753. The van der Waals surface area contributed by atoms with Crippen molar-refractivity contribution in [2.75, 3.05) is 45.8 Å². The highest BCUT2D eigenvalue weighted by molar-refractivity contribution is 4.84. The molecule has 2 rings (SSSR count). The van der Waals surface area contributed by atoms with Crippen LogP contribution in [0, 0.1) is 11.8 Å². The maximum absolute atomic E-state index is 3.64. The molecular formula is C16H33N3. The summed E-state index contributed by atoms with van der Waals surface area (Å²) in [6.45, 7) is 15.9. The molecule has 0 aromatic rings. The molecule has 0 spiro atoms. The second-order valence-electron chi connectivity index (χ2n) is 6.57. The molecule has 2 fully saturated rings. The van der Waals surface area contributed by atoms with Gasteiger partial charge in [-0.25, -0.2) is 0 Å². The fraction of sp³-hybridized carbons (Fsp3) is 1.00. The molecule has 3 heteroatoms. The third kappa shape index (κ3) is 4.44. The van der Waals surface area contributed by atoms with Crippen LogP contribution in [0.2, 0.25) is 0 Å². The van der Waals surface area contributed by atoms with Crippen molar-refractivity contribution in [3.63, 3.8) is 0 Å². The molecule has 0 bridgehead atoms. The summed E-state index contributed by atoms with van der Waals surface area (Å²) in [4.78, 5) is 5.32. The van der Waals surface area contributed by atoms with Gasteiger partial charge in [0.05, 0.1) is 0 Å². The molecule has 0 amide bonds. The number of rotatable bonds is 5. The largest absolute Gasteiger partial charge is 0.314 e. The normalized spacial score (nSPS) is 31.7. The quantitative estimate of drug-likeness (QED) is 0.822. The van der Waals surface area contributed by atoms with E-state index in [9.17, 15) is 0 Å². The molecule has 2 unspecified atom stereocenters. The summed E-state index contributed by atoms with van der Waals surface area (Å²) in [5.74, 6) is 1.76. The van der Waals surface area contributed by atoms with Gasteiger partial charge in [0.1, 0.15) is 0 Å². The van der Waals surface area contributed by atoms with Gasteiger partial charge >= 0.3 is 0 Å². The van der Waals surface area contributed by atoms with E-state index in [0.29, 0.717) is 0 Å². The predicted molar refractivity (Wildman–Crippen MR) is 82.5 cm³/mol. The summed E-state index contributed by atoms with van der Waals surface area (Å²) in [5, 5.41) is 3.64. The van der Waals surface area contributed by atoms with Crippen molar-refractivity contribution in [2.45, 2.75) is 46.1 Å². The molecule has 0 saturated carbocycles. The van der Waals surface area contributed by atoms with Crippen LogP contribution in [0.25, 0.3) is 0 Å². The minimum atomic E-state index is 0.753. The summed E-state index contributed by atoms with van der Waals surface area (Å²) < 4.78 is 0. The lowest BCUT2D eigenvalue weighted by Gasteiger charge is -2.40. The zero-order valence-corrected chi connectivity index (χ0v) is 13.2. The van der Waals surface area contributed by atoms with Gasteiger partial charge in [0, 0.05) is 19.1 Å². The Morgan fingerprint density at radius 2 is 1.68 bits per heavy atom. The number of hydrogen-bond acceptors (Lipinski definition) is 3. The number of nitrogens with one attached hydrogen (secondary N) is 1. The Morgan fingerprint density at radius 1 is 1.00 bits per heavy atom. The van der Waals surface area contributed by atoms with E-state index in [1.54, 1.807) is 0 Å². The molecule has 3 nitrogen and oxygen atoms in total. The van der Waals surface area contributed by atoms with Crippen molar-refractivity contribution in [3.05, 3.63) is 0 Å². The van der Waals surface area contributed by atoms with Gasteiger partial charge in [-0.2, -0.15) is 0 Å². The van der Waals surface area contributed by atoms with Crippen LogP contribution >= 0.6 is 0 Å². The first-order valence-corrected chi connectivity index (χ1v) is 8.41. The first kappa shape index (κ1) is 15.3. The van der Waals surface area contributed by atoms with Crippen LogP contribution in [0.15, 0.2) is 0 Å². The third-order valence-electron chi connectivity index (χ3n) is 5.13. The number of hydrogen-bond donors (Lipinski definition) is 1. The predicted octanol–water partition coefficient (Wildman–Crippen LogP) is 2.04. The summed E-state index contributed by atoms with van der Waals surface area (Å²) in [6, 6.07) is 0.753. The van der Waals surface area contributed by atoms with Crippen molar-refractivity contribution < 1.29 is 0 Å². The van der Waals surface area contributed by atoms with Crippen LogP contribution in [0.4, 0.5) is 0 Å². The van der Waals surface area contributed by atoms with E-state index in [-0.39, 0.29) is 0 Å². The molecule has 112 valence electrons. The smallest absolute Gasteiger partial charge is 0.0117 e. The average molecular weight is 267 g/mol. The van der Waals surface area contributed by atoms with Crippen molar-refractivity contribution in [1.82, 2.24) is 15.1 Å². The Labute approximate surface area is 119 Å². The molecule has 1 N–H and O–H groups in total. The zero-order valence-electron chi connectivity index (χ0n) is 13.2. The van der Waals surface area contributed by atoms with Gasteiger partial charge in [0.2, 0.25) is 0 Å². The number of likely N-dealkylation sites (tertiary alicyclic amines) is 2. The molecular weight excluding hydrogens is 234 g/mol. The Balaban J connectivity index is 1.70. The highest BCUT2D eigenvalue weighted by Gasteiger charge is 2.27.